The first-order valence-corrected chi connectivity index (χ1v) is 17.9. The van der Waals surface area contributed by atoms with Gasteiger partial charge in [-0.25, -0.2) is 0 Å². The van der Waals surface area contributed by atoms with E-state index >= 15 is 0 Å². The SMILES string of the molecule is C[SiH-](C)(C)CCOCn1cc2cc(C3CC3)cc(COCC3(c4ccccc4)CCNCC3)c2n1. The Kier molecular flexibility index (Phi) is 7.44. The molecule has 2 aliphatic rings. The Hall–Kier alpha value is -1.99. The van der Waals surface area contributed by atoms with Crippen molar-refractivity contribution in [3.63, 3.8) is 0 Å². The molecule has 5 nitrogen and oxygen atoms in total. The summed E-state index contributed by atoms with van der Waals surface area (Å²) in [5.74, 6) is 0.704. The number of nitrogens with one attached hydrogen (secondary N) is 1. The van der Waals surface area contributed by atoms with Gasteiger partial charge in [0.2, 0.25) is 0 Å². The molecule has 0 bridgehead atoms. The molecule has 6 heteroatoms. The van der Waals surface area contributed by atoms with Crippen LogP contribution >= 0.6 is 0 Å². The fourth-order valence-electron chi connectivity index (χ4n) is 5.28. The third-order valence-electron chi connectivity index (χ3n) is 7.74. The fourth-order valence-corrected chi connectivity index (χ4v) is 6.15. The summed E-state index contributed by atoms with van der Waals surface area (Å²) in [6.07, 6.45) is 6.96. The van der Waals surface area contributed by atoms with Crippen LogP contribution in [0, 0.1) is 0 Å². The van der Waals surface area contributed by atoms with Crippen LogP contribution in [0.4, 0.5) is 0 Å². The second-order valence-corrected chi connectivity index (χ2v) is 18.7. The van der Waals surface area contributed by atoms with Crippen LogP contribution in [0.15, 0.2) is 48.7 Å². The van der Waals surface area contributed by atoms with Gasteiger partial charge < -0.3 is 5.32 Å². The van der Waals surface area contributed by atoms with E-state index in [1.54, 1.807) is 0 Å². The number of aromatic nitrogens is 2. The van der Waals surface area contributed by atoms with Gasteiger partial charge in [0.1, 0.15) is 0 Å². The Bertz CT molecular complexity index is 1110. The first kappa shape index (κ1) is 24.7. The Morgan fingerprint density at radius 1 is 1.06 bits per heavy atom. The van der Waals surface area contributed by atoms with Crippen molar-refractivity contribution in [2.75, 3.05) is 26.3 Å². The minimum absolute atomic E-state index is 0.0873. The summed E-state index contributed by atoms with van der Waals surface area (Å²) in [4.78, 5) is 0. The molecule has 35 heavy (non-hydrogen) atoms. The van der Waals surface area contributed by atoms with Crippen molar-refractivity contribution >= 4 is 19.0 Å². The molecule has 0 spiro atoms. The molecule has 5 rings (SSSR count). The van der Waals surface area contributed by atoms with Crippen molar-refractivity contribution in [1.29, 1.82) is 0 Å². The van der Waals surface area contributed by atoms with Gasteiger partial charge in [-0.05, 0) is 31.5 Å². The minimum atomic E-state index is -1.36. The third-order valence-corrected chi connectivity index (χ3v) is 9.71. The maximum absolute atomic E-state index is 6.52. The van der Waals surface area contributed by atoms with Gasteiger partial charge in [-0.3, -0.25) is 0 Å². The van der Waals surface area contributed by atoms with Crippen molar-refractivity contribution in [3.05, 3.63) is 65.4 Å². The van der Waals surface area contributed by atoms with Crippen LogP contribution in [-0.2, 0) is 28.2 Å². The molecule has 190 valence electrons. The molecule has 1 aromatic heterocycles. The molecule has 2 fully saturated rings. The zero-order valence-corrected chi connectivity index (χ0v) is 22.9. The average Bonchev–Trinajstić information content (AvgIpc) is 3.62. The van der Waals surface area contributed by atoms with E-state index in [2.05, 4.69) is 73.6 Å². The van der Waals surface area contributed by atoms with E-state index in [1.165, 1.54) is 41.0 Å². The van der Waals surface area contributed by atoms with E-state index in [-0.39, 0.29) is 5.41 Å². The van der Waals surface area contributed by atoms with E-state index in [0.717, 1.165) is 44.7 Å². The number of hydrogen-bond donors (Lipinski definition) is 1. The number of fused-ring (bicyclic) bond motifs is 1. The number of ether oxygens (including phenoxy) is 2. The van der Waals surface area contributed by atoms with Crippen LogP contribution < -0.4 is 5.32 Å². The van der Waals surface area contributed by atoms with Crippen molar-refractivity contribution in [3.8, 4) is 0 Å². The summed E-state index contributed by atoms with van der Waals surface area (Å²) < 4.78 is 14.5. The number of hydrogen-bond acceptors (Lipinski definition) is 4. The number of piperidine rings is 1. The monoisotopic (exact) mass is 492 g/mol. The average molecular weight is 493 g/mol. The molecule has 2 aromatic carbocycles. The van der Waals surface area contributed by atoms with Crippen molar-refractivity contribution in [1.82, 2.24) is 15.1 Å². The number of nitrogens with zero attached hydrogens (tertiary/aromatic N) is 2. The Morgan fingerprint density at radius 3 is 2.54 bits per heavy atom. The first-order valence-electron chi connectivity index (χ1n) is 13.6. The molecule has 0 radical (unpaired) electrons. The summed E-state index contributed by atoms with van der Waals surface area (Å²) >= 11 is 0. The fraction of sp³-hybridized carbons (Fsp3) is 0.552. The summed E-state index contributed by atoms with van der Waals surface area (Å²) in [5.41, 5.74) is 5.20. The van der Waals surface area contributed by atoms with E-state index in [4.69, 9.17) is 14.6 Å². The van der Waals surface area contributed by atoms with Crippen LogP contribution in [0.2, 0.25) is 25.7 Å². The molecule has 1 N–H and O–H groups in total. The summed E-state index contributed by atoms with van der Waals surface area (Å²) in [6, 6.07) is 16.8. The molecule has 1 aliphatic carbocycles. The zero-order chi connectivity index (χ0) is 24.3. The quantitative estimate of drug-likeness (QED) is 0.272. The topological polar surface area (TPSA) is 48.3 Å². The number of benzene rings is 2. The maximum atomic E-state index is 6.52. The van der Waals surface area contributed by atoms with E-state index in [1.807, 2.05) is 4.68 Å². The predicted molar refractivity (Wildman–Crippen MR) is 147 cm³/mol. The molecular weight excluding hydrogens is 450 g/mol. The van der Waals surface area contributed by atoms with Crippen molar-refractivity contribution in [2.45, 2.75) is 76.0 Å². The van der Waals surface area contributed by atoms with Crippen LogP contribution in [0.5, 0.6) is 0 Å². The van der Waals surface area contributed by atoms with Crippen LogP contribution in [0.1, 0.15) is 48.3 Å². The Morgan fingerprint density at radius 2 is 1.83 bits per heavy atom. The standard InChI is InChI=1S/C29H42N3O2Si/c1-35(2,3)16-15-33-22-32-19-25-17-24(23-9-10-23)18-26(28(25)31-32)20-34-21-29(11-13-30-14-12-29)27-7-5-4-6-8-27/h4-8,17-19,23,30,35H,9-16,20-22H2,1-3H3/q-1. The molecule has 1 saturated heterocycles. The van der Waals surface area contributed by atoms with Crippen molar-refractivity contribution < 1.29 is 9.47 Å². The molecule has 0 amide bonds. The zero-order valence-electron chi connectivity index (χ0n) is 21.8. The molecule has 3 aromatic rings. The Labute approximate surface area is 211 Å². The second kappa shape index (κ2) is 10.6. The van der Waals surface area contributed by atoms with Crippen LogP contribution in [0.3, 0.4) is 0 Å². The predicted octanol–water partition coefficient (Wildman–Crippen LogP) is 5.80. The second-order valence-electron chi connectivity index (χ2n) is 12.2. The summed E-state index contributed by atoms with van der Waals surface area (Å²) in [7, 11) is -1.36. The molecular formula is C29H42N3O2Si-. The third kappa shape index (κ3) is 6.23. The van der Waals surface area contributed by atoms with Gasteiger partial charge in [0.25, 0.3) is 0 Å². The van der Waals surface area contributed by atoms with E-state index < -0.39 is 8.07 Å². The Balaban J connectivity index is 1.31. The van der Waals surface area contributed by atoms with Gasteiger partial charge in [-0.15, -0.1) is 0 Å². The first-order chi connectivity index (χ1) is 16.9. The molecule has 1 saturated carbocycles. The van der Waals surface area contributed by atoms with Gasteiger partial charge in [0.15, 0.2) is 0 Å². The van der Waals surface area contributed by atoms with Gasteiger partial charge in [-0.1, -0.05) is 30.3 Å². The van der Waals surface area contributed by atoms with Gasteiger partial charge in [-0.2, -0.15) is 0 Å². The summed E-state index contributed by atoms with van der Waals surface area (Å²) in [5, 5.41) is 9.66. The normalized spacial score (nSPS) is 18.7. The molecule has 0 atom stereocenters. The van der Waals surface area contributed by atoms with E-state index in [0.29, 0.717) is 19.3 Å². The van der Waals surface area contributed by atoms with Gasteiger partial charge in [0.05, 0.1) is 0 Å². The van der Waals surface area contributed by atoms with Gasteiger partial charge in [0, 0.05) is 0 Å². The molecule has 0 unspecified atom stereocenters. The van der Waals surface area contributed by atoms with Crippen LogP contribution in [-0.4, -0.2) is 44.2 Å². The van der Waals surface area contributed by atoms with Gasteiger partial charge >= 0.3 is 144 Å². The summed E-state index contributed by atoms with van der Waals surface area (Å²) in [6.45, 7) is 12.0. The molecule has 1 aliphatic heterocycles. The van der Waals surface area contributed by atoms with E-state index in [9.17, 15) is 0 Å². The van der Waals surface area contributed by atoms with Crippen LogP contribution in [0.25, 0.3) is 10.9 Å². The van der Waals surface area contributed by atoms with Crippen molar-refractivity contribution in [2.24, 2.45) is 0 Å². The molecule has 2 heterocycles. The number of rotatable bonds is 11.